The molecule has 3 atom stereocenters. The number of nitrogens with one attached hydrogen (secondary N) is 1. The second-order valence-corrected chi connectivity index (χ2v) is 6.96. The van der Waals surface area contributed by atoms with Crippen molar-refractivity contribution in [3.63, 3.8) is 0 Å². The molecule has 0 aromatic heterocycles. The normalized spacial score (nSPS) is 24.1. The van der Waals surface area contributed by atoms with Gasteiger partial charge in [0, 0.05) is 34.4 Å². The van der Waals surface area contributed by atoms with E-state index in [1.54, 1.807) is 6.26 Å². The number of hydrogen-bond acceptors (Lipinski definition) is 3. The zero-order valence-corrected chi connectivity index (χ0v) is 12.2. The van der Waals surface area contributed by atoms with Crippen molar-refractivity contribution in [2.24, 2.45) is 0 Å². The Hall–Kier alpha value is -0.870. The van der Waals surface area contributed by atoms with E-state index in [1.165, 1.54) is 5.56 Å². The van der Waals surface area contributed by atoms with Crippen LogP contribution in [0, 0.1) is 0 Å². The fraction of sp³-hybridized carbons (Fsp3) is 0.571. The van der Waals surface area contributed by atoms with Crippen molar-refractivity contribution in [1.29, 1.82) is 0 Å². The molecular formula is C14H21NO2S. The molecule has 100 valence electrons. The number of hydrogen-bond donors (Lipinski definition) is 1. The van der Waals surface area contributed by atoms with E-state index >= 15 is 0 Å². The average molecular weight is 267 g/mol. The molecule has 0 saturated carbocycles. The van der Waals surface area contributed by atoms with Gasteiger partial charge in [0.2, 0.25) is 0 Å². The average Bonchev–Trinajstić information content (AvgIpc) is 2.49. The van der Waals surface area contributed by atoms with Crippen LogP contribution in [0.3, 0.4) is 0 Å². The van der Waals surface area contributed by atoms with Crippen LogP contribution in [0.2, 0.25) is 0 Å². The fourth-order valence-electron chi connectivity index (χ4n) is 2.50. The minimum Gasteiger partial charge on any atom is -0.486 e. The summed E-state index contributed by atoms with van der Waals surface area (Å²) in [6, 6.07) is 8.46. The number of benzene rings is 1. The summed E-state index contributed by atoms with van der Waals surface area (Å²) in [6.45, 7) is 6.24. The van der Waals surface area contributed by atoms with Crippen LogP contribution in [0.15, 0.2) is 24.3 Å². The van der Waals surface area contributed by atoms with Crippen LogP contribution in [0.4, 0.5) is 0 Å². The van der Waals surface area contributed by atoms with Crippen molar-refractivity contribution in [3.05, 3.63) is 29.8 Å². The van der Waals surface area contributed by atoms with Crippen LogP contribution in [0.1, 0.15) is 32.4 Å². The van der Waals surface area contributed by atoms with Crippen LogP contribution in [0.5, 0.6) is 5.75 Å². The molecule has 1 aliphatic heterocycles. The van der Waals surface area contributed by atoms with E-state index in [0.717, 1.165) is 5.75 Å². The Bertz CT molecular complexity index is 459. The molecule has 2 rings (SSSR count). The summed E-state index contributed by atoms with van der Waals surface area (Å²) in [5.41, 5.74) is 0.920. The van der Waals surface area contributed by atoms with Crippen molar-refractivity contribution in [2.45, 2.75) is 38.5 Å². The Kier molecular flexibility index (Phi) is 3.78. The molecule has 0 amide bonds. The summed E-state index contributed by atoms with van der Waals surface area (Å²) < 4.78 is 17.2. The molecular weight excluding hydrogens is 246 g/mol. The van der Waals surface area contributed by atoms with E-state index in [2.05, 4.69) is 32.2 Å². The largest absolute Gasteiger partial charge is 0.486 e. The van der Waals surface area contributed by atoms with Crippen LogP contribution >= 0.6 is 0 Å². The first-order chi connectivity index (χ1) is 8.40. The van der Waals surface area contributed by atoms with Crippen LogP contribution in [-0.2, 0) is 10.8 Å². The highest BCUT2D eigenvalue weighted by atomic mass is 32.2. The lowest BCUT2D eigenvalue weighted by Gasteiger charge is -2.29. The molecule has 0 radical (unpaired) electrons. The number of fused-ring (bicyclic) bond motifs is 1. The number of rotatable bonds is 4. The third-order valence-electron chi connectivity index (χ3n) is 3.23. The molecule has 1 N–H and O–H groups in total. The topological polar surface area (TPSA) is 38.3 Å². The summed E-state index contributed by atoms with van der Waals surface area (Å²) in [4.78, 5) is 0. The molecule has 1 aromatic carbocycles. The SMILES string of the molecule is CC(CS(C)=O)NC1c2ccccc2OC1(C)C. The van der Waals surface area contributed by atoms with Gasteiger partial charge in [0.25, 0.3) is 0 Å². The van der Waals surface area contributed by atoms with Gasteiger partial charge in [0.15, 0.2) is 0 Å². The highest BCUT2D eigenvalue weighted by Crippen LogP contribution is 2.42. The van der Waals surface area contributed by atoms with Gasteiger partial charge in [-0.1, -0.05) is 18.2 Å². The predicted molar refractivity (Wildman–Crippen MR) is 75.4 cm³/mol. The summed E-state index contributed by atoms with van der Waals surface area (Å²) >= 11 is 0. The molecule has 0 spiro atoms. The third-order valence-corrected chi connectivity index (χ3v) is 4.20. The van der Waals surface area contributed by atoms with Crippen molar-refractivity contribution >= 4 is 10.8 Å². The molecule has 4 heteroatoms. The molecule has 0 bridgehead atoms. The third kappa shape index (κ3) is 2.75. The van der Waals surface area contributed by atoms with E-state index in [9.17, 15) is 4.21 Å². The Morgan fingerprint density at radius 1 is 1.44 bits per heavy atom. The Morgan fingerprint density at radius 3 is 2.78 bits per heavy atom. The van der Waals surface area contributed by atoms with E-state index in [1.807, 2.05) is 18.2 Å². The van der Waals surface area contributed by atoms with Gasteiger partial charge in [0.05, 0.1) is 6.04 Å². The van der Waals surface area contributed by atoms with Gasteiger partial charge >= 0.3 is 0 Å². The lowest BCUT2D eigenvalue weighted by molar-refractivity contribution is 0.0931. The van der Waals surface area contributed by atoms with Crippen molar-refractivity contribution in [2.75, 3.05) is 12.0 Å². The highest BCUT2D eigenvalue weighted by Gasteiger charge is 2.41. The second kappa shape index (κ2) is 5.02. The molecule has 18 heavy (non-hydrogen) atoms. The van der Waals surface area contributed by atoms with E-state index in [0.29, 0.717) is 5.75 Å². The van der Waals surface area contributed by atoms with E-state index < -0.39 is 10.8 Å². The smallest absolute Gasteiger partial charge is 0.125 e. The maximum Gasteiger partial charge on any atom is 0.125 e. The van der Waals surface area contributed by atoms with Gasteiger partial charge in [-0.3, -0.25) is 4.21 Å². The molecule has 3 unspecified atom stereocenters. The maximum absolute atomic E-state index is 11.3. The molecule has 1 heterocycles. The monoisotopic (exact) mass is 267 g/mol. The zero-order valence-electron chi connectivity index (χ0n) is 11.4. The Morgan fingerprint density at radius 2 is 2.11 bits per heavy atom. The van der Waals surface area contributed by atoms with Crippen molar-refractivity contribution < 1.29 is 8.95 Å². The first-order valence-corrected chi connectivity index (χ1v) is 7.97. The molecule has 3 nitrogen and oxygen atoms in total. The summed E-state index contributed by atoms with van der Waals surface area (Å²) in [5.74, 6) is 1.61. The number of para-hydroxylation sites is 1. The van der Waals surface area contributed by atoms with Gasteiger partial charge < -0.3 is 10.1 Å². The summed E-state index contributed by atoms with van der Waals surface area (Å²) in [7, 11) is -0.782. The highest BCUT2D eigenvalue weighted by molar-refractivity contribution is 7.84. The summed E-state index contributed by atoms with van der Waals surface area (Å²) in [6.07, 6.45) is 1.74. The van der Waals surface area contributed by atoms with Gasteiger partial charge in [-0.25, -0.2) is 0 Å². The van der Waals surface area contributed by atoms with Crippen LogP contribution in [-0.4, -0.2) is 27.9 Å². The predicted octanol–water partition coefficient (Wildman–Crippen LogP) is 2.26. The van der Waals surface area contributed by atoms with Gasteiger partial charge in [-0.2, -0.15) is 0 Å². The van der Waals surface area contributed by atoms with Crippen LogP contribution < -0.4 is 10.1 Å². The summed E-state index contributed by atoms with van der Waals surface area (Å²) in [5, 5.41) is 3.54. The van der Waals surface area contributed by atoms with E-state index in [4.69, 9.17) is 4.74 Å². The molecule has 0 fully saturated rings. The van der Waals surface area contributed by atoms with Crippen molar-refractivity contribution in [1.82, 2.24) is 5.32 Å². The lowest BCUT2D eigenvalue weighted by Crippen LogP contribution is -2.44. The Labute approximate surface area is 111 Å². The van der Waals surface area contributed by atoms with E-state index in [-0.39, 0.29) is 17.7 Å². The van der Waals surface area contributed by atoms with Gasteiger partial charge in [-0.15, -0.1) is 0 Å². The fourth-order valence-corrected chi connectivity index (χ4v) is 3.30. The first-order valence-electron chi connectivity index (χ1n) is 6.24. The number of ether oxygens (including phenoxy) is 1. The lowest BCUT2D eigenvalue weighted by atomic mass is 9.94. The minimum absolute atomic E-state index is 0.146. The molecule has 1 aromatic rings. The minimum atomic E-state index is -0.782. The van der Waals surface area contributed by atoms with Crippen LogP contribution in [0.25, 0.3) is 0 Å². The first kappa shape index (κ1) is 13.6. The zero-order chi connectivity index (χ0) is 13.3. The molecule has 0 aliphatic carbocycles. The maximum atomic E-state index is 11.3. The van der Waals surface area contributed by atoms with Crippen molar-refractivity contribution in [3.8, 4) is 5.75 Å². The molecule has 1 aliphatic rings. The molecule has 0 saturated heterocycles. The second-order valence-electron chi connectivity index (χ2n) is 5.48. The Balaban J connectivity index is 2.18. The van der Waals surface area contributed by atoms with Gasteiger partial charge in [0.1, 0.15) is 11.4 Å². The standard InChI is InChI=1S/C14H21NO2S/c1-10(9-18(4)16)15-13-11-7-5-6-8-12(11)17-14(13,2)3/h5-8,10,13,15H,9H2,1-4H3. The quantitative estimate of drug-likeness (QED) is 0.909. The van der Waals surface area contributed by atoms with Gasteiger partial charge in [-0.05, 0) is 26.8 Å².